The van der Waals surface area contributed by atoms with Crippen LogP contribution in [0.4, 0.5) is 5.69 Å². The predicted octanol–water partition coefficient (Wildman–Crippen LogP) is 4.36. The van der Waals surface area contributed by atoms with E-state index in [0.29, 0.717) is 10.8 Å². The molecule has 0 fully saturated rings. The van der Waals surface area contributed by atoms with Gasteiger partial charge in [0.2, 0.25) is 0 Å². The highest BCUT2D eigenvalue weighted by Crippen LogP contribution is 2.18. The molecule has 0 heterocycles. The van der Waals surface area contributed by atoms with Crippen LogP contribution in [0.3, 0.4) is 0 Å². The topological polar surface area (TPSA) is 38.3 Å². The molecular formula is C17H18ClNO2. The molecule has 1 amide bonds. The molecule has 0 aliphatic rings. The summed E-state index contributed by atoms with van der Waals surface area (Å²) >= 11 is 5.81. The lowest BCUT2D eigenvalue weighted by molar-refractivity contribution is -0.122. The molecule has 4 heteroatoms. The minimum Gasteiger partial charge on any atom is -0.481 e. The van der Waals surface area contributed by atoms with Crippen molar-refractivity contribution in [2.75, 3.05) is 5.32 Å². The molecule has 3 nitrogen and oxygen atoms in total. The first kappa shape index (κ1) is 15.4. The summed E-state index contributed by atoms with van der Waals surface area (Å²) in [5, 5.41) is 3.50. The largest absolute Gasteiger partial charge is 0.481 e. The van der Waals surface area contributed by atoms with Crippen LogP contribution in [0.5, 0.6) is 5.75 Å². The molecule has 110 valence electrons. The number of anilines is 1. The third kappa shape index (κ3) is 4.50. The van der Waals surface area contributed by atoms with Gasteiger partial charge in [-0.1, -0.05) is 17.7 Å². The molecule has 1 N–H and O–H groups in total. The first-order valence-electron chi connectivity index (χ1n) is 6.75. The maximum atomic E-state index is 12.1. The fraction of sp³-hybridized carbons (Fsp3) is 0.235. The maximum Gasteiger partial charge on any atom is 0.265 e. The third-order valence-electron chi connectivity index (χ3n) is 2.98. The van der Waals surface area contributed by atoms with Crippen LogP contribution in [0.1, 0.15) is 18.1 Å². The van der Waals surface area contributed by atoms with Crippen LogP contribution in [0.2, 0.25) is 5.02 Å². The third-order valence-corrected chi connectivity index (χ3v) is 3.24. The van der Waals surface area contributed by atoms with E-state index < -0.39 is 6.10 Å². The number of benzene rings is 2. The van der Waals surface area contributed by atoms with Gasteiger partial charge < -0.3 is 10.1 Å². The fourth-order valence-electron chi connectivity index (χ4n) is 2.06. The molecule has 0 saturated heterocycles. The van der Waals surface area contributed by atoms with Crippen molar-refractivity contribution in [2.45, 2.75) is 26.9 Å². The summed E-state index contributed by atoms with van der Waals surface area (Å²) in [6, 6.07) is 12.9. The lowest BCUT2D eigenvalue weighted by atomic mass is 10.1. The Balaban J connectivity index is 2.00. The summed E-state index contributed by atoms with van der Waals surface area (Å²) < 4.78 is 5.59. The zero-order valence-corrected chi connectivity index (χ0v) is 13.1. The molecule has 0 aliphatic heterocycles. The Morgan fingerprint density at radius 2 is 1.67 bits per heavy atom. The molecule has 0 saturated carbocycles. The Bertz CT molecular complexity index is 617. The van der Waals surface area contributed by atoms with E-state index in [1.54, 1.807) is 31.2 Å². The van der Waals surface area contributed by atoms with Gasteiger partial charge in [-0.05, 0) is 68.3 Å². The molecule has 0 spiro atoms. The summed E-state index contributed by atoms with van der Waals surface area (Å²) in [6.07, 6.45) is -0.591. The average Bonchev–Trinajstić information content (AvgIpc) is 2.40. The van der Waals surface area contributed by atoms with E-state index in [0.717, 1.165) is 16.8 Å². The number of halogens is 1. The van der Waals surface area contributed by atoms with Gasteiger partial charge >= 0.3 is 0 Å². The Morgan fingerprint density at radius 1 is 1.10 bits per heavy atom. The summed E-state index contributed by atoms with van der Waals surface area (Å²) in [7, 11) is 0. The molecule has 0 aromatic heterocycles. The van der Waals surface area contributed by atoms with E-state index >= 15 is 0 Å². The van der Waals surface area contributed by atoms with Crippen LogP contribution in [-0.2, 0) is 4.79 Å². The molecule has 2 rings (SSSR count). The molecule has 21 heavy (non-hydrogen) atoms. The summed E-state index contributed by atoms with van der Waals surface area (Å²) in [4.78, 5) is 12.1. The Labute approximate surface area is 129 Å². The molecule has 0 radical (unpaired) electrons. The zero-order valence-electron chi connectivity index (χ0n) is 12.3. The number of carbonyl (C=O) groups is 1. The quantitative estimate of drug-likeness (QED) is 0.911. The molecular weight excluding hydrogens is 286 g/mol. The average molecular weight is 304 g/mol. The van der Waals surface area contributed by atoms with Crippen LogP contribution in [0.25, 0.3) is 0 Å². The van der Waals surface area contributed by atoms with E-state index in [2.05, 4.69) is 11.4 Å². The lowest BCUT2D eigenvalue weighted by Gasteiger charge is -2.15. The van der Waals surface area contributed by atoms with Gasteiger partial charge in [0.15, 0.2) is 6.10 Å². The monoisotopic (exact) mass is 303 g/mol. The molecule has 1 atom stereocenters. The number of hydrogen-bond donors (Lipinski definition) is 1. The van der Waals surface area contributed by atoms with E-state index in [-0.39, 0.29) is 5.91 Å². The SMILES string of the molecule is Cc1cc(C)cc(NC(=O)C(C)Oc2ccc(Cl)cc2)c1. The minimum atomic E-state index is -0.591. The molecule has 2 aromatic rings. The van der Waals surface area contributed by atoms with Gasteiger partial charge in [-0.15, -0.1) is 0 Å². The van der Waals surface area contributed by atoms with Crippen molar-refractivity contribution < 1.29 is 9.53 Å². The Hall–Kier alpha value is -2.00. The van der Waals surface area contributed by atoms with Crippen molar-refractivity contribution in [1.29, 1.82) is 0 Å². The Kier molecular flexibility index (Phi) is 4.86. The van der Waals surface area contributed by atoms with Gasteiger partial charge in [0.05, 0.1) is 0 Å². The molecule has 1 unspecified atom stereocenters. The van der Waals surface area contributed by atoms with Crippen LogP contribution in [-0.4, -0.2) is 12.0 Å². The van der Waals surface area contributed by atoms with Gasteiger partial charge in [-0.3, -0.25) is 4.79 Å². The van der Waals surface area contributed by atoms with Crippen molar-refractivity contribution in [3.63, 3.8) is 0 Å². The van der Waals surface area contributed by atoms with Gasteiger partial charge in [-0.2, -0.15) is 0 Å². The summed E-state index contributed by atoms with van der Waals surface area (Å²) in [5.74, 6) is 0.428. The van der Waals surface area contributed by atoms with Crippen molar-refractivity contribution >= 4 is 23.2 Å². The highest BCUT2D eigenvalue weighted by Gasteiger charge is 2.15. The number of aryl methyl sites for hydroxylation is 2. The van der Waals surface area contributed by atoms with Gasteiger partial charge in [0, 0.05) is 10.7 Å². The van der Waals surface area contributed by atoms with Crippen molar-refractivity contribution in [2.24, 2.45) is 0 Å². The molecule has 2 aromatic carbocycles. The number of rotatable bonds is 4. The number of amides is 1. The Morgan fingerprint density at radius 3 is 2.24 bits per heavy atom. The maximum absolute atomic E-state index is 12.1. The second-order valence-electron chi connectivity index (χ2n) is 5.08. The number of nitrogens with one attached hydrogen (secondary N) is 1. The van der Waals surface area contributed by atoms with Gasteiger partial charge in [0.25, 0.3) is 5.91 Å². The van der Waals surface area contributed by atoms with Gasteiger partial charge in [0.1, 0.15) is 5.75 Å². The van der Waals surface area contributed by atoms with Crippen molar-refractivity contribution in [3.8, 4) is 5.75 Å². The number of hydrogen-bond acceptors (Lipinski definition) is 2. The number of carbonyl (C=O) groups excluding carboxylic acids is 1. The van der Waals surface area contributed by atoms with Crippen molar-refractivity contribution in [3.05, 3.63) is 58.6 Å². The first-order valence-corrected chi connectivity index (χ1v) is 7.13. The van der Waals surface area contributed by atoms with Crippen LogP contribution >= 0.6 is 11.6 Å². The highest BCUT2D eigenvalue weighted by molar-refractivity contribution is 6.30. The van der Waals surface area contributed by atoms with E-state index in [4.69, 9.17) is 16.3 Å². The minimum absolute atomic E-state index is 0.185. The fourth-order valence-corrected chi connectivity index (χ4v) is 2.19. The van der Waals surface area contributed by atoms with E-state index in [1.165, 1.54) is 0 Å². The number of ether oxygens (including phenoxy) is 1. The zero-order chi connectivity index (χ0) is 15.4. The van der Waals surface area contributed by atoms with Crippen LogP contribution in [0, 0.1) is 13.8 Å². The lowest BCUT2D eigenvalue weighted by Crippen LogP contribution is -2.30. The smallest absolute Gasteiger partial charge is 0.265 e. The van der Waals surface area contributed by atoms with Crippen LogP contribution < -0.4 is 10.1 Å². The molecule has 0 bridgehead atoms. The summed E-state index contributed by atoms with van der Waals surface area (Å²) in [6.45, 7) is 5.71. The normalized spacial score (nSPS) is 11.8. The summed E-state index contributed by atoms with van der Waals surface area (Å²) in [5.41, 5.74) is 3.00. The predicted molar refractivity (Wildman–Crippen MR) is 86.1 cm³/mol. The standard InChI is InChI=1S/C17H18ClNO2/c1-11-8-12(2)10-15(9-11)19-17(20)13(3)21-16-6-4-14(18)5-7-16/h4-10,13H,1-3H3,(H,19,20). The second kappa shape index (κ2) is 6.64. The van der Waals surface area contributed by atoms with Crippen molar-refractivity contribution in [1.82, 2.24) is 0 Å². The van der Waals surface area contributed by atoms with E-state index in [1.807, 2.05) is 26.0 Å². The molecule has 0 aliphatic carbocycles. The van der Waals surface area contributed by atoms with Crippen LogP contribution in [0.15, 0.2) is 42.5 Å². The second-order valence-corrected chi connectivity index (χ2v) is 5.52. The van der Waals surface area contributed by atoms with E-state index in [9.17, 15) is 4.79 Å². The highest BCUT2D eigenvalue weighted by atomic mass is 35.5. The first-order chi connectivity index (χ1) is 9.94. The van der Waals surface area contributed by atoms with Gasteiger partial charge in [-0.25, -0.2) is 0 Å².